The highest BCUT2D eigenvalue weighted by molar-refractivity contribution is 5.88. The molecule has 19 heavy (non-hydrogen) atoms. The fourth-order valence-corrected chi connectivity index (χ4v) is 2.02. The van der Waals surface area contributed by atoms with Crippen molar-refractivity contribution in [2.75, 3.05) is 0 Å². The van der Waals surface area contributed by atoms with E-state index in [2.05, 4.69) is 0 Å². The molecule has 1 aromatic carbocycles. The number of fused-ring (bicyclic) bond motifs is 1. The second kappa shape index (κ2) is 4.55. The summed E-state index contributed by atoms with van der Waals surface area (Å²) >= 11 is 0. The lowest BCUT2D eigenvalue weighted by atomic mass is 10.1. The van der Waals surface area contributed by atoms with E-state index in [1.165, 1.54) is 4.57 Å². The zero-order valence-electron chi connectivity index (χ0n) is 11.0. The Morgan fingerprint density at radius 2 is 1.89 bits per heavy atom. The Kier molecular flexibility index (Phi) is 3.20. The molecule has 0 spiro atoms. The van der Waals surface area contributed by atoms with Crippen LogP contribution in [0, 0.1) is 0 Å². The lowest BCUT2D eigenvalue weighted by molar-refractivity contribution is 0.0663. The van der Waals surface area contributed by atoms with E-state index in [1.807, 2.05) is 0 Å². The largest absolute Gasteiger partial charge is 0.390 e. The highest BCUT2D eigenvalue weighted by atomic mass is 16.3. The molecule has 0 aliphatic heterocycles. The molecule has 0 radical (unpaired) electrons. The van der Waals surface area contributed by atoms with Gasteiger partial charge in [-0.1, -0.05) is 12.1 Å². The maximum atomic E-state index is 12.2. The minimum atomic E-state index is -0.880. The summed E-state index contributed by atoms with van der Waals surface area (Å²) < 4.78 is 2.40. The fraction of sp³-hybridized carbons (Fsp3) is 0.385. The fourth-order valence-electron chi connectivity index (χ4n) is 2.02. The van der Waals surface area contributed by atoms with Crippen molar-refractivity contribution in [1.82, 2.24) is 9.13 Å². The maximum Gasteiger partial charge on any atom is 0.337 e. The number of aliphatic hydroxyl groups is 1. The quantitative estimate of drug-likeness (QED) is 0.861. The van der Waals surface area contributed by atoms with E-state index < -0.39 is 17.3 Å². The first-order valence-corrected chi connectivity index (χ1v) is 6.04. The minimum absolute atomic E-state index is 0.323. The third kappa shape index (κ3) is 2.53. The third-order valence-corrected chi connectivity index (χ3v) is 3.00. The number of benzene rings is 1. The SMILES string of the molecule is CC(C)(O)CCn1c(=O)n(C(N)=O)c2ccccc21. The Morgan fingerprint density at radius 1 is 1.32 bits per heavy atom. The van der Waals surface area contributed by atoms with Gasteiger partial charge in [0.05, 0.1) is 16.6 Å². The van der Waals surface area contributed by atoms with E-state index >= 15 is 0 Å². The summed E-state index contributed by atoms with van der Waals surface area (Å²) in [5.41, 5.74) is 5.00. The Balaban J connectivity index is 2.58. The standard InChI is InChI=1S/C13H17N3O3/c1-13(2,19)7-8-15-9-5-3-4-6-10(9)16(11(14)17)12(15)18/h3-6,19H,7-8H2,1-2H3,(H2,14,17). The number of carbonyl (C=O) groups excluding carboxylic acids is 1. The smallest absolute Gasteiger partial charge is 0.337 e. The third-order valence-electron chi connectivity index (χ3n) is 3.00. The number of imidazole rings is 1. The van der Waals surface area contributed by atoms with E-state index in [1.54, 1.807) is 38.1 Å². The second-order valence-electron chi connectivity index (χ2n) is 5.16. The van der Waals surface area contributed by atoms with Crippen LogP contribution < -0.4 is 11.4 Å². The van der Waals surface area contributed by atoms with Gasteiger partial charge in [-0.3, -0.25) is 4.57 Å². The number of amides is 1. The van der Waals surface area contributed by atoms with Gasteiger partial charge in [0, 0.05) is 6.54 Å². The number of carbonyl (C=O) groups is 1. The van der Waals surface area contributed by atoms with E-state index in [0.29, 0.717) is 24.0 Å². The number of hydrogen-bond acceptors (Lipinski definition) is 3. The zero-order valence-corrected chi connectivity index (χ0v) is 11.0. The average Bonchev–Trinajstić information content (AvgIpc) is 2.57. The topological polar surface area (TPSA) is 90.2 Å². The molecule has 0 saturated carbocycles. The predicted molar refractivity (Wildman–Crippen MR) is 72.1 cm³/mol. The summed E-state index contributed by atoms with van der Waals surface area (Å²) in [6, 6.07) is 6.14. The molecular weight excluding hydrogens is 246 g/mol. The highest BCUT2D eigenvalue weighted by Gasteiger charge is 2.18. The Hall–Kier alpha value is -2.08. The van der Waals surface area contributed by atoms with Crippen LogP contribution in [0.1, 0.15) is 20.3 Å². The van der Waals surface area contributed by atoms with E-state index in [-0.39, 0.29) is 0 Å². The first-order valence-electron chi connectivity index (χ1n) is 6.04. The lowest BCUT2D eigenvalue weighted by Gasteiger charge is -2.16. The number of para-hydroxylation sites is 2. The first-order chi connectivity index (χ1) is 8.81. The van der Waals surface area contributed by atoms with Crippen LogP contribution in [0.3, 0.4) is 0 Å². The van der Waals surface area contributed by atoms with Crippen LogP contribution in [-0.4, -0.2) is 25.9 Å². The van der Waals surface area contributed by atoms with Gasteiger partial charge in [-0.2, -0.15) is 0 Å². The van der Waals surface area contributed by atoms with Crippen molar-refractivity contribution in [1.29, 1.82) is 0 Å². The molecule has 2 rings (SSSR count). The molecule has 0 aliphatic carbocycles. The molecule has 0 unspecified atom stereocenters. The number of nitrogens with two attached hydrogens (primary N) is 1. The number of rotatable bonds is 3. The van der Waals surface area contributed by atoms with Crippen LogP contribution in [0.4, 0.5) is 4.79 Å². The van der Waals surface area contributed by atoms with Gasteiger partial charge in [0.25, 0.3) is 0 Å². The van der Waals surface area contributed by atoms with Gasteiger partial charge in [0.15, 0.2) is 0 Å². The van der Waals surface area contributed by atoms with Crippen LogP contribution in [0.15, 0.2) is 29.1 Å². The second-order valence-corrected chi connectivity index (χ2v) is 5.16. The molecular formula is C13H17N3O3. The number of primary amides is 1. The van der Waals surface area contributed by atoms with Crippen molar-refractivity contribution in [2.24, 2.45) is 5.73 Å². The van der Waals surface area contributed by atoms with E-state index in [4.69, 9.17) is 5.73 Å². The predicted octanol–water partition coefficient (Wildman–Crippen LogP) is 0.891. The monoisotopic (exact) mass is 263 g/mol. The highest BCUT2D eigenvalue weighted by Crippen LogP contribution is 2.15. The molecule has 1 heterocycles. The van der Waals surface area contributed by atoms with Crippen molar-refractivity contribution < 1.29 is 9.90 Å². The van der Waals surface area contributed by atoms with Gasteiger partial charge in [0.2, 0.25) is 0 Å². The molecule has 1 amide bonds. The van der Waals surface area contributed by atoms with Crippen molar-refractivity contribution in [2.45, 2.75) is 32.4 Å². The molecule has 0 aliphatic rings. The van der Waals surface area contributed by atoms with Gasteiger partial charge < -0.3 is 10.8 Å². The number of hydrogen-bond donors (Lipinski definition) is 2. The van der Waals surface area contributed by atoms with Gasteiger partial charge >= 0.3 is 11.7 Å². The maximum absolute atomic E-state index is 12.2. The van der Waals surface area contributed by atoms with Crippen LogP contribution in [0.2, 0.25) is 0 Å². The number of nitrogens with zero attached hydrogens (tertiary/aromatic N) is 2. The Bertz CT molecular complexity index is 676. The normalized spacial score (nSPS) is 11.9. The van der Waals surface area contributed by atoms with Crippen molar-refractivity contribution >= 4 is 17.1 Å². The van der Waals surface area contributed by atoms with Crippen molar-refractivity contribution in [3.63, 3.8) is 0 Å². The van der Waals surface area contributed by atoms with Crippen LogP contribution in [0.25, 0.3) is 11.0 Å². The molecule has 0 bridgehead atoms. The molecule has 102 valence electrons. The summed E-state index contributed by atoms with van der Waals surface area (Å²) in [5.74, 6) is 0. The van der Waals surface area contributed by atoms with Crippen LogP contribution >= 0.6 is 0 Å². The summed E-state index contributed by atoms with van der Waals surface area (Å²) in [6.45, 7) is 3.67. The van der Waals surface area contributed by atoms with Crippen LogP contribution in [-0.2, 0) is 6.54 Å². The molecule has 2 aromatic rings. The van der Waals surface area contributed by atoms with Gasteiger partial charge in [0.1, 0.15) is 0 Å². The minimum Gasteiger partial charge on any atom is -0.390 e. The van der Waals surface area contributed by atoms with E-state index in [0.717, 1.165) is 4.57 Å². The average molecular weight is 263 g/mol. The summed E-state index contributed by atoms with van der Waals surface area (Å²) in [7, 11) is 0. The molecule has 3 N–H and O–H groups in total. The van der Waals surface area contributed by atoms with Crippen molar-refractivity contribution in [3.8, 4) is 0 Å². The Morgan fingerprint density at radius 3 is 2.42 bits per heavy atom. The molecule has 0 atom stereocenters. The summed E-state index contributed by atoms with van der Waals surface area (Å²) in [5, 5.41) is 9.74. The van der Waals surface area contributed by atoms with Gasteiger partial charge in [-0.25, -0.2) is 14.2 Å². The number of aromatic nitrogens is 2. The lowest BCUT2D eigenvalue weighted by Crippen LogP contribution is -2.34. The molecule has 1 aromatic heterocycles. The van der Waals surface area contributed by atoms with E-state index in [9.17, 15) is 14.7 Å². The van der Waals surface area contributed by atoms with Gasteiger partial charge in [-0.15, -0.1) is 0 Å². The zero-order chi connectivity index (χ0) is 14.2. The van der Waals surface area contributed by atoms with Crippen LogP contribution in [0.5, 0.6) is 0 Å². The molecule has 6 heteroatoms. The molecule has 0 saturated heterocycles. The summed E-state index contributed by atoms with van der Waals surface area (Å²) in [4.78, 5) is 23.6. The number of aryl methyl sites for hydroxylation is 1. The first kappa shape index (κ1) is 13.4. The molecule has 0 fully saturated rings. The molecule has 6 nitrogen and oxygen atoms in total. The summed E-state index contributed by atoms with van der Waals surface area (Å²) in [6.07, 6.45) is 0.402. The Labute approximate surface area is 110 Å². The van der Waals surface area contributed by atoms with Crippen molar-refractivity contribution in [3.05, 3.63) is 34.7 Å². The van der Waals surface area contributed by atoms with Gasteiger partial charge in [-0.05, 0) is 32.4 Å².